The van der Waals surface area contributed by atoms with E-state index in [-0.39, 0.29) is 18.7 Å². The first-order valence-electron chi connectivity index (χ1n) is 19.7. The number of carbonyl (C=O) groups is 4. The summed E-state index contributed by atoms with van der Waals surface area (Å²) in [5, 5.41) is 3.81. The molecule has 288 valence electrons. The second-order valence-corrected chi connectivity index (χ2v) is 15.7. The number of aromatic nitrogens is 2. The normalized spacial score (nSPS) is 22.5. The standard InChI is InChI=1S/C41H46F2N8O4/c42-41(43)50-34-7-13-44-25-33(34)30-3-1-29(24-36(30)50)48-17-11-27(12-18-48)47-15-9-26(10-16-47)8-14-46-19-21-49(22-20-46)28-2-4-31-32(23-28)40(55)51(39(31)54)35-5-6-37(52)45-38(35)53/h1-4,7,13,23-27,35,41H,5-6,8-12,14-22H2,(H,45,52,53). The zero-order chi connectivity index (χ0) is 37.8. The third-order valence-corrected chi connectivity index (χ3v) is 12.8. The first-order valence-corrected chi connectivity index (χ1v) is 19.7. The number of nitrogens with one attached hydrogen (secondary N) is 1. The van der Waals surface area contributed by atoms with Gasteiger partial charge in [0.25, 0.3) is 11.8 Å². The highest BCUT2D eigenvalue weighted by Gasteiger charge is 2.45. The fourth-order valence-electron chi connectivity index (χ4n) is 9.64. The van der Waals surface area contributed by atoms with Gasteiger partial charge in [0.1, 0.15) is 6.04 Å². The van der Waals surface area contributed by atoms with Gasteiger partial charge in [0.05, 0.1) is 22.2 Å². The Bertz CT molecular complexity index is 2150. The molecule has 1 N–H and O–H groups in total. The number of hydrogen-bond donors (Lipinski definition) is 1. The number of alkyl halides is 2. The number of rotatable bonds is 8. The monoisotopic (exact) mass is 752 g/mol. The van der Waals surface area contributed by atoms with Crippen molar-refractivity contribution in [1.29, 1.82) is 0 Å². The molecule has 12 nitrogen and oxygen atoms in total. The Hall–Kier alpha value is -4.95. The van der Waals surface area contributed by atoms with Gasteiger partial charge in [0.2, 0.25) is 11.8 Å². The van der Waals surface area contributed by atoms with Gasteiger partial charge in [-0.1, -0.05) is 6.07 Å². The first kappa shape index (κ1) is 35.7. The average molecular weight is 753 g/mol. The number of benzene rings is 2. The van der Waals surface area contributed by atoms with E-state index in [2.05, 4.69) is 36.0 Å². The largest absolute Gasteiger partial charge is 0.371 e. The van der Waals surface area contributed by atoms with Gasteiger partial charge in [-0.05, 0) is 100 Å². The number of amides is 4. The molecule has 0 spiro atoms. The summed E-state index contributed by atoms with van der Waals surface area (Å²) in [6.45, 7) is 6.04. The van der Waals surface area contributed by atoms with Gasteiger partial charge in [-0.25, -0.2) is 0 Å². The SMILES string of the molecule is O=C1CCC(N2C(=O)c3ccc(N4CCN(CCC5CCN(C6CCN(c7ccc8c9cnccc9n(C(F)F)c8c7)CC6)CC5)CC4)cc3C2=O)C(=O)N1. The van der Waals surface area contributed by atoms with Gasteiger partial charge in [-0.15, -0.1) is 0 Å². The molecule has 0 radical (unpaired) electrons. The molecule has 2 aromatic carbocycles. The molecule has 14 heteroatoms. The van der Waals surface area contributed by atoms with E-state index >= 15 is 0 Å². The van der Waals surface area contributed by atoms with E-state index in [1.165, 1.54) is 19.3 Å². The Balaban J connectivity index is 0.724. The van der Waals surface area contributed by atoms with Gasteiger partial charge in [-0.2, -0.15) is 8.78 Å². The third kappa shape index (κ3) is 6.62. The fourth-order valence-corrected chi connectivity index (χ4v) is 9.64. The topological polar surface area (TPSA) is 114 Å². The quantitative estimate of drug-likeness (QED) is 0.252. The lowest BCUT2D eigenvalue weighted by molar-refractivity contribution is -0.136. The van der Waals surface area contributed by atoms with Gasteiger partial charge < -0.3 is 14.7 Å². The van der Waals surface area contributed by atoms with Crippen LogP contribution in [0.3, 0.4) is 0 Å². The van der Waals surface area contributed by atoms with E-state index in [9.17, 15) is 28.0 Å². The zero-order valence-corrected chi connectivity index (χ0v) is 30.8. The minimum atomic E-state index is -2.62. The van der Waals surface area contributed by atoms with Gasteiger partial charge in [0, 0.05) is 86.3 Å². The second-order valence-electron chi connectivity index (χ2n) is 15.7. The van der Waals surface area contributed by atoms with Crippen LogP contribution in [0.5, 0.6) is 0 Å². The maximum absolute atomic E-state index is 14.1. The molecular weight excluding hydrogens is 706 g/mol. The van der Waals surface area contributed by atoms with Crippen LogP contribution in [0.15, 0.2) is 54.9 Å². The smallest absolute Gasteiger partial charge is 0.319 e. The van der Waals surface area contributed by atoms with Crippen LogP contribution in [0.1, 0.15) is 72.2 Å². The number of carbonyl (C=O) groups excluding carboxylic acids is 4. The summed E-state index contributed by atoms with van der Waals surface area (Å²) in [5.41, 5.74) is 3.59. The molecule has 0 bridgehead atoms. The molecule has 1 unspecified atom stereocenters. The number of piperidine rings is 3. The van der Waals surface area contributed by atoms with Crippen molar-refractivity contribution in [3.8, 4) is 0 Å². The summed E-state index contributed by atoms with van der Waals surface area (Å²) in [6.07, 6.45) is 9.23. The Morgan fingerprint density at radius 3 is 2.18 bits per heavy atom. The Kier molecular flexibility index (Phi) is 9.49. The summed E-state index contributed by atoms with van der Waals surface area (Å²) in [4.78, 5) is 65.4. The number of nitrogens with zero attached hydrogens (tertiary/aromatic N) is 7. The van der Waals surface area contributed by atoms with E-state index < -0.39 is 30.3 Å². The molecule has 4 saturated heterocycles. The average Bonchev–Trinajstić information content (AvgIpc) is 3.67. The molecule has 4 aromatic rings. The number of piperazine rings is 1. The number of hydrogen-bond acceptors (Lipinski definition) is 9. The van der Waals surface area contributed by atoms with Crippen molar-refractivity contribution >= 4 is 56.8 Å². The number of imide groups is 2. The molecule has 55 heavy (non-hydrogen) atoms. The van der Waals surface area contributed by atoms with E-state index in [1.54, 1.807) is 30.6 Å². The predicted molar refractivity (Wildman–Crippen MR) is 204 cm³/mol. The molecule has 7 heterocycles. The fraction of sp³-hybridized carbons (Fsp3) is 0.488. The van der Waals surface area contributed by atoms with Crippen molar-refractivity contribution in [3.05, 3.63) is 66.0 Å². The third-order valence-electron chi connectivity index (χ3n) is 12.8. The minimum Gasteiger partial charge on any atom is -0.371 e. The van der Waals surface area contributed by atoms with Gasteiger partial charge >= 0.3 is 6.55 Å². The van der Waals surface area contributed by atoms with Crippen LogP contribution in [0, 0.1) is 5.92 Å². The van der Waals surface area contributed by atoms with Crippen molar-refractivity contribution in [1.82, 2.24) is 29.6 Å². The molecule has 0 aliphatic carbocycles. The first-order chi connectivity index (χ1) is 26.7. The van der Waals surface area contributed by atoms with Crippen LogP contribution >= 0.6 is 0 Å². The van der Waals surface area contributed by atoms with Crippen molar-refractivity contribution in [3.63, 3.8) is 0 Å². The predicted octanol–water partition coefficient (Wildman–Crippen LogP) is 4.88. The molecule has 1 atom stereocenters. The lowest BCUT2D eigenvalue weighted by Gasteiger charge is -2.43. The van der Waals surface area contributed by atoms with Crippen molar-refractivity contribution in [2.24, 2.45) is 5.92 Å². The van der Waals surface area contributed by atoms with Gasteiger partial charge in [0.15, 0.2) is 0 Å². The Morgan fingerprint density at radius 1 is 0.727 bits per heavy atom. The lowest BCUT2D eigenvalue weighted by atomic mass is 9.91. The van der Waals surface area contributed by atoms with Crippen LogP contribution in [0.2, 0.25) is 0 Å². The second kappa shape index (κ2) is 14.6. The van der Waals surface area contributed by atoms with Crippen LogP contribution in [0.25, 0.3) is 21.8 Å². The summed E-state index contributed by atoms with van der Waals surface area (Å²) in [6, 6.07) is 12.6. The van der Waals surface area contributed by atoms with Crippen molar-refractivity contribution < 1.29 is 28.0 Å². The number of halogens is 2. The Labute approximate surface area is 318 Å². The molecule has 0 saturated carbocycles. The number of likely N-dealkylation sites (tertiary alicyclic amines) is 1. The summed E-state index contributed by atoms with van der Waals surface area (Å²) in [5.74, 6) is -1.23. The highest BCUT2D eigenvalue weighted by Crippen LogP contribution is 2.36. The highest BCUT2D eigenvalue weighted by atomic mass is 19.3. The van der Waals surface area contributed by atoms with Crippen molar-refractivity contribution in [2.45, 2.75) is 63.6 Å². The molecule has 2 aromatic heterocycles. The van der Waals surface area contributed by atoms with E-state index in [4.69, 9.17) is 0 Å². The maximum atomic E-state index is 14.1. The van der Waals surface area contributed by atoms with E-state index in [0.29, 0.717) is 34.1 Å². The summed E-state index contributed by atoms with van der Waals surface area (Å²) < 4.78 is 29.4. The Morgan fingerprint density at radius 2 is 1.44 bits per heavy atom. The number of fused-ring (bicyclic) bond motifs is 4. The van der Waals surface area contributed by atoms with Gasteiger partial charge in [-0.3, -0.25) is 43.8 Å². The number of pyridine rings is 1. The van der Waals surface area contributed by atoms with E-state index in [1.807, 2.05) is 18.2 Å². The molecular formula is C41H46F2N8O4. The highest BCUT2D eigenvalue weighted by molar-refractivity contribution is 6.23. The zero-order valence-electron chi connectivity index (χ0n) is 30.8. The van der Waals surface area contributed by atoms with Crippen LogP contribution < -0.4 is 15.1 Å². The molecule has 5 aliphatic heterocycles. The van der Waals surface area contributed by atoms with Crippen LogP contribution in [-0.2, 0) is 9.59 Å². The molecule has 4 amide bonds. The summed E-state index contributed by atoms with van der Waals surface area (Å²) >= 11 is 0. The summed E-state index contributed by atoms with van der Waals surface area (Å²) in [7, 11) is 0. The molecule has 5 aliphatic rings. The molecule has 9 rings (SSSR count). The lowest BCUT2D eigenvalue weighted by Crippen LogP contribution is -2.54. The van der Waals surface area contributed by atoms with Crippen LogP contribution in [0.4, 0.5) is 20.2 Å². The van der Waals surface area contributed by atoms with E-state index in [0.717, 1.165) is 103 Å². The minimum absolute atomic E-state index is 0.0984. The maximum Gasteiger partial charge on any atom is 0.319 e. The number of anilines is 2. The molecule has 4 fully saturated rings. The van der Waals surface area contributed by atoms with Crippen molar-refractivity contribution in [2.75, 3.05) is 68.7 Å². The van der Waals surface area contributed by atoms with Crippen LogP contribution in [-0.4, -0.2) is 119 Å².